The summed E-state index contributed by atoms with van der Waals surface area (Å²) in [7, 11) is 0. The Hall–Kier alpha value is -2.10. The van der Waals surface area contributed by atoms with Crippen LogP contribution < -0.4 is 5.32 Å². The fraction of sp³-hybridized carbons (Fsp3) is 0.105. The Kier molecular flexibility index (Phi) is 4.79. The molecule has 4 heteroatoms. The van der Waals surface area contributed by atoms with Crippen molar-refractivity contribution in [2.75, 3.05) is 5.32 Å². The lowest BCUT2D eigenvalue weighted by molar-refractivity contribution is 0.220. The van der Waals surface area contributed by atoms with Gasteiger partial charge in [0.15, 0.2) is 0 Å². The highest BCUT2D eigenvalue weighted by Crippen LogP contribution is 2.26. The first-order chi connectivity index (χ1) is 11.1. The van der Waals surface area contributed by atoms with Gasteiger partial charge < -0.3 is 10.1 Å². The summed E-state index contributed by atoms with van der Waals surface area (Å²) in [6, 6.07) is 21.8. The molecule has 0 fully saturated rings. The Morgan fingerprint density at radius 3 is 2.48 bits per heavy atom. The van der Waals surface area contributed by atoms with E-state index in [1.807, 2.05) is 37.3 Å². The summed E-state index contributed by atoms with van der Waals surface area (Å²) in [6.07, 6.45) is -0.145. The summed E-state index contributed by atoms with van der Waals surface area (Å²) in [5, 5.41) is 6.46. The fourth-order valence-corrected chi connectivity index (χ4v) is 2.90. The minimum absolute atomic E-state index is 0.145. The van der Waals surface area contributed by atoms with Crippen molar-refractivity contribution < 1.29 is 4.74 Å². The first-order valence-electron chi connectivity index (χ1n) is 7.34. The second-order valence-electron chi connectivity index (χ2n) is 5.25. The summed E-state index contributed by atoms with van der Waals surface area (Å²) in [6.45, 7) is 2.00. The molecule has 1 atom stereocenters. The van der Waals surface area contributed by atoms with Gasteiger partial charge in [0.25, 0.3) is 5.17 Å². The van der Waals surface area contributed by atoms with E-state index in [-0.39, 0.29) is 6.10 Å². The molecule has 3 rings (SSSR count). The van der Waals surface area contributed by atoms with Crippen LogP contribution in [0.2, 0.25) is 5.02 Å². The number of nitrogens with one attached hydrogen (secondary N) is 1. The molecule has 23 heavy (non-hydrogen) atoms. The molecule has 2 nitrogen and oxygen atoms in total. The maximum Gasteiger partial charge on any atom is 0.261 e. The van der Waals surface area contributed by atoms with Crippen LogP contribution in [0.3, 0.4) is 0 Å². The van der Waals surface area contributed by atoms with Gasteiger partial charge in [0.2, 0.25) is 0 Å². The predicted octanol–water partition coefficient (Wildman–Crippen LogP) is 5.97. The molecule has 0 radical (unpaired) electrons. The molecule has 0 aliphatic heterocycles. The number of rotatable bonds is 3. The van der Waals surface area contributed by atoms with Crippen LogP contribution in [0.15, 0.2) is 66.7 Å². The molecule has 0 bridgehead atoms. The van der Waals surface area contributed by atoms with E-state index in [0.29, 0.717) is 10.2 Å². The van der Waals surface area contributed by atoms with Crippen molar-refractivity contribution in [1.29, 1.82) is 0 Å². The van der Waals surface area contributed by atoms with E-state index in [1.54, 1.807) is 12.1 Å². The topological polar surface area (TPSA) is 21.3 Å². The standard InChI is InChI=1S/C19H16ClNOS/c1-13(17-8-4-6-14-5-2-3-7-18(14)17)22-19(23)21-16-11-9-15(20)10-12-16/h2-13H,1H3,(H,21,23). The van der Waals surface area contributed by atoms with Crippen LogP contribution in [0.1, 0.15) is 18.6 Å². The molecule has 0 saturated heterocycles. The molecule has 3 aromatic rings. The van der Waals surface area contributed by atoms with Crippen LogP contribution in [0.25, 0.3) is 10.8 Å². The zero-order valence-electron chi connectivity index (χ0n) is 12.6. The van der Waals surface area contributed by atoms with E-state index in [9.17, 15) is 0 Å². The number of halogens is 1. The Bertz CT molecular complexity index is 827. The smallest absolute Gasteiger partial charge is 0.261 e. The third kappa shape index (κ3) is 3.81. The lowest BCUT2D eigenvalue weighted by atomic mass is 10.0. The van der Waals surface area contributed by atoms with Gasteiger partial charge in [-0.3, -0.25) is 0 Å². The van der Waals surface area contributed by atoms with E-state index in [4.69, 9.17) is 28.6 Å². The Labute approximate surface area is 146 Å². The van der Waals surface area contributed by atoms with Gasteiger partial charge in [-0.05, 0) is 59.7 Å². The van der Waals surface area contributed by atoms with Gasteiger partial charge in [0, 0.05) is 10.7 Å². The lowest BCUT2D eigenvalue weighted by Crippen LogP contribution is -2.15. The number of hydrogen-bond donors (Lipinski definition) is 1. The molecule has 0 aliphatic rings. The molecular weight excluding hydrogens is 326 g/mol. The normalized spacial score (nSPS) is 11.9. The number of fused-ring (bicyclic) bond motifs is 1. The van der Waals surface area contributed by atoms with Gasteiger partial charge in [0.1, 0.15) is 6.10 Å². The van der Waals surface area contributed by atoms with E-state index in [0.717, 1.165) is 11.3 Å². The zero-order valence-corrected chi connectivity index (χ0v) is 14.2. The number of anilines is 1. The highest BCUT2D eigenvalue weighted by molar-refractivity contribution is 7.80. The molecule has 0 aromatic heterocycles. The van der Waals surface area contributed by atoms with Crippen LogP contribution in [-0.4, -0.2) is 5.17 Å². The van der Waals surface area contributed by atoms with E-state index in [1.165, 1.54) is 10.8 Å². The van der Waals surface area contributed by atoms with Crippen LogP contribution in [0, 0.1) is 0 Å². The Morgan fingerprint density at radius 1 is 1.00 bits per heavy atom. The third-order valence-electron chi connectivity index (χ3n) is 3.64. The minimum Gasteiger partial charge on any atom is -0.463 e. The molecule has 0 aliphatic carbocycles. The first-order valence-corrected chi connectivity index (χ1v) is 8.13. The summed E-state index contributed by atoms with van der Waals surface area (Å²) in [5.41, 5.74) is 1.97. The SMILES string of the molecule is CC(OC(=S)Nc1ccc(Cl)cc1)c1cccc2ccccc12. The van der Waals surface area contributed by atoms with Crippen molar-refractivity contribution in [3.05, 3.63) is 77.3 Å². The minimum atomic E-state index is -0.145. The van der Waals surface area contributed by atoms with E-state index in [2.05, 4.69) is 29.6 Å². The highest BCUT2D eigenvalue weighted by Gasteiger charge is 2.12. The van der Waals surface area contributed by atoms with Gasteiger partial charge in [-0.15, -0.1) is 0 Å². The van der Waals surface area contributed by atoms with Gasteiger partial charge in [-0.2, -0.15) is 0 Å². The lowest BCUT2D eigenvalue weighted by Gasteiger charge is -2.18. The van der Waals surface area contributed by atoms with E-state index < -0.39 is 0 Å². The Balaban J connectivity index is 1.74. The zero-order chi connectivity index (χ0) is 16.2. The molecule has 0 saturated carbocycles. The number of thiocarbonyl (C=S) groups is 1. The number of hydrogen-bond acceptors (Lipinski definition) is 2. The second kappa shape index (κ2) is 6.99. The van der Waals surface area contributed by atoms with Gasteiger partial charge >= 0.3 is 0 Å². The average molecular weight is 342 g/mol. The highest BCUT2D eigenvalue weighted by atomic mass is 35.5. The molecule has 1 unspecified atom stereocenters. The summed E-state index contributed by atoms with van der Waals surface area (Å²) in [5.74, 6) is 0. The van der Waals surface area contributed by atoms with Gasteiger partial charge in [-0.25, -0.2) is 0 Å². The fourth-order valence-electron chi connectivity index (χ4n) is 2.51. The van der Waals surface area contributed by atoms with Crippen molar-refractivity contribution in [2.24, 2.45) is 0 Å². The van der Waals surface area contributed by atoms with Gasteiger partial charge in [-0.1, -0.05) is 54.1 Å². The van der Waals surface area contributed by atoms with Crippen LogP contribution in [-0.2, 0) is 4.74 Å². The Morgan fingerprint density at radius 2 is 1.70 bits per heavy atom. The third-order valence-corrected chi connectivity index (χ3v) is 4.09. The van der Waals surface area contributed by atoms with Crippen molar-refractivity contribution in [2.45, 2.75) is 13.0 Å². The van der Waals surface area contributed by atoms with Crippen molar-refractivity contribution >= 4 is 45.5 Å². The predicted molar refractivity (Wildman–Crippen MR) is 101 cm³/mol. The van der Waals surface area contributed by atoms with Crippen LogP contribution in [0.5, 0.6) is 0 Å². The maximum atomic E-state index is 5.88. The number of benzene rings is 3. The molecule has 3 aromatic carbocycles. The monoisotopic (exact) mass is 341 g/mol. The first kappa shape index (κ1) is 15.8. The summed E-state index contributed by atoms with van der Waals surface area (Å²) >= 11 is 11.2. The van der Waals surface area contributed by atoms with Crippen molar-refractivity contribution in [3.8, 4) is 0 Å². The molecule has 116 valence electrons. The molecular formula is C19H16ClNOS. The van der Waals surface area contributed by atoms with Gasteiger partial charge in [0.05, 0.1) is 0 Å². The van der Waals surface area contributed by atoms with Crippen molar-refractivity contribution in [1.82, 2.24) is 0 Å². The largest absolute Gasteiger partial charge is 0.463 e. The molecule has 1 N–H and O–H groups in total. The van der Waals surface area contributed by atoms with Crippen LogP contribution >= 0.6 is 23.8 Å². The maximum absolute atomic E-state index is 5.88. The summed E-state index contributed by atoms with van der Waals surface area (Å²) in [4.78, 5) is 0. The number of ether oxygens (including phenoxy) is 1. The average Bonchev–Trinajstić information content (AvgIpc) is 2.56. The van der Waals surface area contributed by atoms with Crippen molar-refractivity contribution in [3.63, 3.8) is 0 Å². The quantitative estimate of drug-likeness (QED) is 0.593. The second-order valence-corrected chi connectivity index (χ2v) is 6.06. The van der Waals surface area contributed by atoms with Crippen LogP contribution in [0.4, 0.5) is 5.69 Å². The molecule has 0 amide bonds. The summed E-state index contributed by atoms with van der Waals surface area (Å²) < 4.78 is 5.87. The molecule has 0 spiro atoms. The van der Waals surface area contributed by atoms with E-state index >= 15 is 0 Å². The molecule has 0 heterocycles.